The molecule has 22 heavy (non-hydrogen) atoms. The molecule has 0 unspecified atom stereocenters. The van der Waals surface area contributed by atoms with Gasteiger partial charge in [0.25, 0.3) is 0 Å². The second-order valence-electron chi connectivity index (χ2n) is 5.74. The van der Waals surface area contributed by atoms with E-state index in [1.807, 2.05) is 6.92 Å². The van der Waals surface area contributed by atoms with Gasteiger partial charge in [-0.15, -0.1) is 23.2 Å². The zero-order chi connectivity index (χ0) is 16.5. The summed E-state index contributed by atoms with van der Waals surface area (Å²) < 4.78 is 5.00. The molecule has 0 atom stereocenters. The number of unbranched alkanes of at least 4 members (excludes halogenated alkanes) is 9. The largest absolute Gasteiger partial charge is 0.463 e. The van der Waals surface area contributed by atoms with E-state index in [-0.39, 0.29) is 19.9 Å². The molecule has 5 heteroatoms. The van der Waals surface area contributed by atoms with Gasteiger partial charge in [0.15, 0.2) is 0 Å². The average molecular weight is 367 g/mol. The summed E-state index contributed by atoms with van der Waals surface area (Å²) in [7, 11) is -0.225. The van der Waals surface area contributed by atoms with Crippen LogP contribution in [0, 0.1) is 0 Å². The highest BCUT2D eigenvalue weighted by molar-refractivity contribution is 6.68. The van der Waals surface area contributed by atoms with Crippen molar-refractivity contribution >= 4 is 38.7 Å². The molecule has 0 spiro atoms. The maximum atomic E-state index is 11.1. The molecule has 0 aromatic rings. The highest BCUT2D eigenvalue weighted by Gasteiger charge is 1.99. The van der Waals surface area contributed by atoms with Crippen LogP contribution in [0.3, 0.4) is 0 Å². The second kappa shape index (κ2) is 17.4. The number of alkyl halides is 2. The van der Waals surface area contributed by atoms with E-state index in [0.29, 0.717) is 6.61 Å². The molecule has 0 fully saturated rings. The van der Waals surface area contributed by atoms with Crippen LogP contribution in [0.4, 0.5) is 0 Å². The lowest BCUT2D eigenvalue weighted by Crippen LogP contribution is -2.01. The fraction of sp³-hybridized carbons (Fsp3) is 0.824. The Morgan fingerprint density at radius 3 is 1.95 bits per heavy atom. The topological polar surface area (TPSA) is 26.3 Å². The van der Waals surface area contributed by atoms with Crippen molar-refractivity contribution in [3.05, 3.63) is 12.2 Å². The first-order valence-electron chi connectivity index (χ1n) is 8.74. The molecule has 0 heterocycles. The number of halogens is 2. The normalized spacial score (nSPS) is 12.0. The fourth-order valence-electron chi connectivity index (χ4n) is 2.35. The molecule has 0 N–H and O–H groups in total. The number of hydrogen-bond donors (Lipinski definition) is 0. The van der Waals surface area contributed by atoms with Gasteiger partial charge >= 0.3 is 5.97 Å². The number of ether oxygens (including phenoxy) is 1. The molecular weight excluding hydrogens is 335 g/mol. The van der Waals surface area contributed by atoms with Crippen molar-refractivity contribution in [2.45, 2.75) is 81.6 Å². The van der Waals surface area contributed by atoms with Crippen LogP contribution in [-0.2, 0) is 9.53 Å². The highest BCUT2D eigenvalue weighted by atomic mass is 35.5. The number of rotatable bonds is 15. The van der Waals surface area contributed by atoms with Crippen LogP contribution in [0.5, 0.6) is 0 Å². The minimum Gasteiger partial charge on any atom is -0.463 e. The molecule has 0 rings (SSSR count). The van der Waals surface area contributed by atoms with Crippen molar-refractivity contribution in [1.82, 2.24) is 0 Å². The molecule has 0 saturated carbocycles. The van der Waals surface area contributed by atoms with E-state index in [4.69, 9.17) is 27.9 Å². The highest BCUT2D eigenvalue weighted by Crippen LogP contribution is 2.12. The molecule has 0 amide bonds. The standard InChI is InChI=1S/C17H32Cl2O2Si/c1-2-13-16(20)21-14-11-9-7-5-3-4-6-8-10-12-15-22-17(18)19/h2,13,17H,3-12,14-15,22H2,1H3. The van der Waals surface area contributed by atoms with E-state index in [1.165, 1.54) is 63.5 Å². The van der Waals surface area contributed by atoms with Crippen LogP contribution in [-0.4, -0.2) is 26.6 Å². The Balaban J connectivity index is 3.07. The van der Waals surface area contributed by atoms with E-state index < -0.39 is 0 Å². The van der Waals surface area contributed by atoms with E-state index in [9.17, 15) is 4.79 Å². The lowest BCUT2D eigenvalue weighted by Gasteiger charge is -2.04. The van der Waals surface area contributed by atoms with Crippen LogP contribution >= 0.6 is 23.2 Å². The van der Waals surface area contributed by atoms with E-state index in [1.54, 1.807) is 6.08 Å². The molecular formula is C17H32Cl2O2Si. The third-order valence-corrected chi connectivity index (χ3v) is 6.27. The molecule has 0 radical (unpaired) electrons. The molecule has 0 aromatic carbocycles. The molecule has 0 bridgehead atoms. The van der Waals surface area contributed by atoms with Crippen molar-refractivity contribution in [3.8, 4) is 0 Å². The maximum Gasteiger partial charge on any atom is 0.330 e. The Bertz CT molecular complexity index is 284. The summed E-state index contributed by atoms with van der Waals surface area (Å²) in [5.74, 6) is -0.224. The quantitative estimate of drug-likeness (QED) is 0.128. The molecule has 2 nitrogen and oxygen atoms in total. The zero-order valence-corrected chi connectivity index (χ0v) is 16.9. The van der Waals surface area contributed by atoms with Crippen molar-refractivity contribution in [3.63, 3.8) is 0 Å². The third-order valence-electron chi connectivity index (χ3n) is 3.61. The summed E-state index contributed by atoms with van der Waals surface area (Å²) in [6.45, 7) is 2.37. The Labute approximate surface area is 148 Å². The monoisotopic (exact) mass is 366 g/mol. The third kappa shape index (κ3) is 18.1. The number of carbonyl (C=O) groups is 1. The number of carbonyl (C=O) groups excluding carboxylic acids is 1. The van der Waals surface area contributed by atoms with E-state index in [0.717, 1.165) is 12.8 Å². The second-order valence-corrected chi connectivity index (χ2v) is 10.1. The Morgan fingerprint density at radius 2 is 1.45 bits per heavy atom. The van der Waals surface area contributed by atoms with Gasteiger partial charge in [-0.05, 0) is 13.3 Å². The van der Waals surface area contributed by atoms with Gasteiger partial charge in [0.2, 0.25) is 0 Å². The average Bonchev–Trinajstić information content (AvgIpc) is 2.47. The lowest BCUT2D eigenvalue weighted by molar-refractivity contribution is -0.137. The van der Waals surface area contributed by atoms with Crippen LogP contribution in [0.2, 0.25) is 6.04 Å². The van der Waals surface area contributed by atoms with Crippen molar-refractivity contribution in [2.75, 3.05) is 6.61 Å². The summed E-state index contributed by atoms with van der Waals surface area (Å²) in [6, 6.07) is 1.29. The van der Waals surface area contributed by atoms with Crippen LogP contribution < -0.4 is 0 Å². The van der Waals surface area contributed by atoms with Gasteiger partial charge in [-0.25, -0.2) is 4.79 Å². The summed E-state index contributed by atoms with van der Waals surface area (Å²) in [6.07, 6.45) is 15.9. The van der Waals surface area contributed by atoms with Crippen LogP contribution in [0.15, 0.2) is 12.2 Å². The Morgan fingerprint density at radius 1 is 0.955 bits per heavy atom. The fourth-order valence-corrected chi connectivity index (χ4v) is 4.23. The van der Waals surface area contributed by atoms with Gasteiger partial charge < -0.3 is 4.74 Å². The minimum absolute atomic E-state index is 0.0494. The number of esters is 1. The Kier molecular flexibility index (Phi) is 17.4. The lowest BCUT2D eigenvalue weighted by atomic mass is 10.1. The maximum absolute atomic E-state index is 11.1. The molecule has 0 saturated heterocycles. The zero-order valence-electron chi connectivity index (χ0n) is 14.0. The summed E-state index contributed by atoms with van der Waals surface area (Å²) >= 11 is 11.5. The van der Waals surface area contributed by atoms with Gasteiger partial charge in [0.1, 0.15) is 0 Å². The number of hydrogen-bond acceptors (Lipinski definition) is 2. The van der Waals surface area contributed by atoms with Gasteiger partial charge in [-0.2, -0.15) is 0 Å². The smallest absolute Gasteiger partial charge is 0.330 e. The van der Waals surface area contributed by atoms with Gasteiger partial charge in [0, 0.05) is 6.08 Å². The molecule has 0 aliphatic carbocycles. The van der Waals surface area contributed by atoms with Crippen molar-refractivity contribution < 1.29 is 9.53 Å². The Hall–Kier alpha value is 0.00688. The molecule has 130 valence electrons. The van der Waals surface area contributed by atoms with E-state index in [2.05, 4.69) is 0 Å². The van der Waals surface area contributed by atoms with Gasteiger partial charge in [0.05, 0.1) is 20.6 Å². The van der Waals surface area contributed by atoms with Gasteiger partial charge in [-0.1, -0.05) is 69.9 Å². The van der Waals surface area contributed by atoms with Crippen molar-refractivity contribution in [2.24, 2.45) is 0 Å². The summed E-state index contributed by atoms with van der Waals surface area (Å²) in [5.41, 5.74) is 0. The first-order chi connectivity index (χ1) is 10.7. The first kappa shape index (κ1) is 22.0. The summed E-state index contributed by atoms with van der Waals surface area (Å²) in [4.78, 5) is 11.1. The van der Waals surface area contributed by atoms with Crippen LogP contribution in [0.1, 0.15) is 71.1 Å². The molecule has 0 aromatic heterocycles. The number of allylic oxidation sites excluding steroid dienone is 1. The molecule has 0 aliphatic heterocycles. The summed E-state index contributed by atoms with van der Waals surface area (Å²) in [5, 5.41) is 0. The minimum atomic E-state index is -0.225. The first-order valence-corrected chi connectivity index (χ1v) is 11.4. The molecule has 0 aliphatic rings. The van der Waals surface area contributed by atoms with Gasteiger partial charge in [-0.3, -0.25) is 0 Å². The van der Waals surface area contributed by atoms with Crippen molar-refractivity contribution in [1.29, 1.82) is 0 Å². The van der Waals surface area contributed by atoms with E-state index >= 15 is 0 Å². The van der Waals surface area contributed by atoms with Crippen LogP contribution in [0.25, 0.3) is 0 Å². The SMILES string of the molecule is CC=CC(=O)OCCCCCCCCCCCC[SiH2]C(Cl)Cl. The predicted molar refractivity (Wildman–Crippen MR) is 101 cm³/mol. The predicted octanol–water partition coefficient (Wildman–Crippen LogP) is 5.36.